The van der Waals surface area contributed by atoms with Gasteiger partial charge in [-0.15, -0.1) is 0 Å². The fourth-order valence-electron chi connectivity index (χ4n) is 2.32. The van der Waals surface area contributed by atoms with Gasteiger partial charge < -0.3 is 10.6 Å². The molecule has 3 nitrogen and oxygen atoms in total. The van der Waals surface area contributed by atoms with Crippen molar-refractivity contribution in [2.24, 2.45) is 11.7 Å². The lowest BCUT2D eigenvalue weighted by atomic mass is 10.0. The van der Waals surface area contributed by atoms with Gasteiger partial charge in [0.15, 0.2) is 0 Å². The Balaban J connectivity index is 2.82. The molecule has 0 unspecified atom stereocenters. The summed E-state index contributed by atoms with van der Waals surface area (Å²) >= 11 is 4.94. The highest BCUT2D eigenvalue weighted by atomic mass is 32.1. The fraction of sp³-hybridized carbons (Fsp3) is 0.529. The molecule has 0 aliphatic carbocycles. The lowest BCUT2D eigenvalue weighted by molar-refractivity contribution is -0.136. The molecule has 0 radical (unpaired) electrons. The number of hydrogen-bond acceptors (Lipinski definition) is 2. The summed E-state index contributed by atoms with van der Waals surface area (Å²) < 4.78 is 0. The quantitative estimate of drug-likeness (QED) is 0.748. The maximum absolute atomic E-state index is 12.6. The standard InChI is InChI=1S/C17H26N2OS/c1-4-15(5-2)17(20)19(11-10-16(18)21)12-14-8-6-13(3)7-9-14/h6-9,15H,4-5,10-12H2,1-3H3,(H2,18,21). The first-order valence-electron chi connectivity index (χ1n) is 7.60. The van der Waals surface area contributed by atoms with Crippen LogP contribution in [0.4, 0.5) is 0 Å². The second kappa shape index (κ2) is 8.78. The van der Waals surface area contributed by atoms with Crippen LogP contribution >= 0.6 is 12.2 Å². The molecule has 21 heavy (non-hydrogen) atoms. The van der Waals surface area contributed by atoms with E-state index in [4.69, 9.17) is 18.0 Å². The molecule has 0 fully saturated rings. The Morgan fingerprint density at radius 3 is 2.29 bits per heavy atom. The van der Waals surface area contributed by atoms with Crippen LogP contribution in [0.2, 0.25) is 0 Å². The number of rotatable bonds is 8. The average molecular weight is 306 g/mol. The van der Waals surface area contributed by atoms with Crippen LogP contribution in [0, 0.1) is 12.8 Å². The van der Waals surface area contributed by atoms with Gasteiger partial charge in [-0.05, 0) is 25.3 Å². The molecule has 0 saturated carbocycles. The number of carbonyl (C=O) groups excluding carboxylic acids is 1. The van der Waals surface area contributed by atoms with Gasteiger partial charge in [0, 0.05) is 25.4 Å². The second-order valence-corrected chi connectivity index (χ2v) is 6.00. The minimum atomic E-state index is 0.0850. The number of carbonyl (C=O) groups is 1. The molecule has 0 spiro atoms. The number of amides is 1. The normalized spacial score (nSPS) is 10.7. The molecule has 1 rings (SSSR count). The largest absolute Gasteiger partial charge is 0.393 e. The molecule has 0 aliphatic heterocycles. The van der Waals surface area contributed by atoms with Crippen LogP contribution < -0.4 is 5.73 Å². The van der Waals surface area contributed by atoms with Gasteiger partial charge in [0.25, 0.3) is 0 Å². The topological polar surface area (TPSA) is 46.3 Å². The van der Waals surface area contributed by atoms with Crippen LogP contribution in [-0.4, -0.2) is 22.3 Å². The van der Waals surface area contributed by atoms with Gasteiger partial charge in [-0.25, -0.2) is 0 Å². The van der Waals surface area contributed by atoms with Crippen molar-refractivity contribution in [2.45, 2.75) is 46.6 Å². The Labute approximate surface area is 133 Å². The molecule has 2 N–H and O–H groups in total. The van der Waals surface area contributed by atoms with Gasteiger partial charge >= 0.3 is 0 Å². The Morgan fingerprint density at radius 1 is 1.24 bits per heavy atom. The molecule has 0 saturated heterocycles. The third-order valence-corrected chi connectivity index (χ3v) is 3.97. The van der Waals surface area contributed by atoms with E-state index in [0.29, 0.717) is 24.5 Å². The van der Waals surface area contributed by atoms with Crippen LogP contribution in [0.1, 0.15) is 44.2 Å². The first-order chi connectivity index (χ1) is 9.97. The van der Waals surface area contributed by atoms with Crippen LogP contribution in [0.5, 0.6) is 0 Å². The summed E-state index contributed by atoms with van der Waals surface area (Å²) in [5.74, 6) is 0.290. The molecule has 0 bridgehead atoms. The van der Waals surface area contributed by atoms with Crippen LogP contribution in [-0.2, 0) is 11.3 Å². The van der Waals surface area contributed by atoms with Gasteiger partial charge in [-0.2, -0.15) is 0 Å². The van der Waals surface area contributed by atoms with E-state index in [0.717, 1.165) is 18.4 Å². The Kier molecular flexibility index (Phi) is 7.37. The van der Waals surface area contributed by atoms with Gasteiger partial charge in [-0.1, -0.05) is 55.9 Å². The zero-order valence-electron chi connectivity index (χ0n) is 13.3. The van der Waals surface area contributed by atoms with Crippen molar-refractivity contribution in [3.05, 3.63) is 35.4 Å². The minimum absolute atomic E-state index is 0.0850. The van der Waals surface area contributed by atoms with Crippen LogP contribution in [0.3, 0.4) is 0 Å². The molecule has 4 heteroatoms. The van der Waals surface area contributed by atoms with Crippen molar-refractivity contribution < 1.29 is 4.79 Å². The highest BCUT2D eigenvalue weighted by molar-refractivity contribution is 7.80. The summed E-state index contributed by atoms with van der Waals surface area (Å²) in [6.07, 6.45) is 2.31. The molecule has 0 aromatic heterocycles. The van der Waals surface area contributed by atoms with Crippen LogP contribution in [0.15, 0.2) is 24.3 Å². The molecular formula is C17H26N2OS. The highest BCUT2D eigenvalue weighted by Gasteiger charge is 2.21. The van der Waals surface area contributed by atoms with E-state index < -0.39 is 0 Å². The summed E-state index contributed by atoms with van der Waals surface area (Å²) in [6, 6.07) is 8.29. The Hall–Kier alpha value is -1.42. The molecule has 0 aliphatic rings. The lowest BCUT2D eigenvalue weighted by Gasteiger charge is -2.26. The smallest absolute Gasteiger partial charge is 0.225 e. The van der Waals surface area contributed by atoms with Gasteiger partial charge in [0.05, 0.1) is 4.99 Å². The Bertz CT molecular complexity index is 466. The summed E-state index contributed by atoms with van der Waals surface area (Å²) in [5, 5.41) is 0. The zero-order valence-corrected chi connectivity index (χ0v) is 14.1. The predicted octanol–water partition coefficient (Wildman–Crippen LogP) is 3.44. The summed E-state index contributed by atoms with van der Waals surface area (Å²) in [6.45, 7) is 7.40. The van der Waals surface area contributed by atoms with Crippen molar-refractivity contribution in [1.82, 2.24) is 4.90 Å². The molecule has 1 amide bonds. The van der Waals surface area contributed by atoms with E-state index in [-0.39, 0.29) is 11.8 Å². The molecule has 0 heterocycles. The number of nitrogens with zero attached hydrogens (tertiary/aromatic N) is 1. The predicted molar refractivity (Wildman–Crippen MR) is 92.1 cm³/mol. The van der Waals surface area contributed by atoms with Gasteiger partial charge in [-0.3, -0.25) is 4.79 Å². The second-order valence-electron chi connectivity index (χ2n) is 5.48. The third-order valence-electron chi connectivity index (χ3n) is 3.77. The number of nitrogens with two attached hydrogens (primary N) is 1. The van der Waals surface area contributed by atoms with Crippen molar-refractivity contribution in [1.29, 1.82) is 0 Å². The van der Waals surface area contributed by atoms with E-state index in [1.807, 2.05) is 4.90 Å². The zero-order chi connectivity index (χ0) is 15.8. The maximum atomic E-state index is 12.6. The van der Waals surface area contributed by atoms with Crippen LogP contribution in [0.25, 0.3) is 0 Å². The number of aryl methyl sites for hydroxylation is 1. The first kappa shape index (κ1) is 17.6. The Morgan fingerprint density at radius 2 is 1.81 bits per heavy atom. The van der Waals surface area contributed by atoms with E-state index in [1.165, 1.54) is 5.56 Å². The number of benzene rings is 1. The van der Waals surface area contributed by atoms with Gasteiger partial charge in [0.2, 0.25) is 5.91 Å². The third kappa shape index (κ3) is 5.84. The molecule has 1 aromatic rings. The van der Waals surface area contributed by atoms with E-state index in [9.17, 15) is 4.79 Å². The molecule has 0 atom stereocenters. The van der Waals surface area contributed by atoms with Crippen molar-refractivity contribution in [3.8, 4) is 0 Å². The SMILES string of the molecule is CCC(CC)C(=O)N(CCC(N)=S)Cc1ccc(C)cc1. The number of thiocarbonyl (C=S) groups is 1. The first-order valence-corrected chi connectivity index (χ1v) is 8.01. The van der Waals surface area contributed by atoms with E-state index in [1.54, 1.807) is 0 Å². The van der Waals surface area contributed by atoms with Gasteiger partial charge in [0.1, 0.15) is 0 Å². The molecule has 116 valence electrons. The molecular weight excluding hydrogens is 280 g/mol. The van der Waals surface area contributed by atoms with E-state index in [2.05, 4.69) is 45.0 Å². The van der Waals surface area contributed by atoms with Crippen molar-refractivity contribution >= 4 is 23.1 Å². The van der Waals surface area contributed by atoms with Crippen molar-refractivity contribution in [3.63, 3.8) is 0 Å². The van der Waals surface area contributed by atoms with E-state index >= 15 is 0 Å². The fourth-order valence-corrected chi connectivity index (χ4v) is 2.41. The lowest BCUT2D eigenvalue weighted by Crippen LogP contribution is -2.37. The maximum Gasteiger partial charge on any atom is 0.225 e. The minimum Gasteiger partial charge on any atom is -0.393 e. The summed E-state index contributed by atoms with van der Waals surface area (Å²) in [7, 11) is 0. The monoisotopic (exact) mass is 306 g/mol. The van der Waals surface area contributed by atoms with Crippen molar-refractivity contribution in [2.75, 3.05) is 6.54 Å². The number of hydrogen-bond donors (Lipinski definition) is 1. The highest BCUT2D eigenvalue weighted by Crippen LogP contribution is 2.15. The summed E-state index contributed by atoms with van der Waals surface area (Å²) in [4.78, 5) is 15.0. The average Bonchev–Trinajstić information content (AvgIpc) is 2.46. The summed E-state index contributed by atoms with van der Waals surface area (Å²) in [5.41, 5.74) is 7.95. The molecule has 1 aromatic carbocycles.